The Bertz CT molecular complexity index is 460. The van der Waals surface area contributed by atoms with Crippen LogP contribution in [-0.2, 0) is 14.3 Å². The zero-order valence-corrected chi connectivity index (χ0v) is 20.0. The lowest BCUT2D eigenvalue weighted by Crippen LogP contribution is -2.35. The maximum atomic E-state index is 12.8. The summed E-state index contributed by atoms with van der Waals surface area (Å²) in [5, 5.41) is 9.49. The highest BCUT2D eigenvalue weighted by Crippen LogP contribution is 2.32. The number of carbonyl (C=O) groups is 2. The SMILES string of the molecule is CCCCCCCCCC(CCCCCC(C)C)OC(=O)C1CCCCC1C(=O)O. The summed E-state index contributed by atoms with van der Waals surface area (Å²) in [7, 11) is 0. The summed E-state index contributed by atoms with van der Waals surface area (Å²) >= 11 is 0. The average molecular weight is 425 g/mol. The van der Waals surface area contributed by atoms with Crippen molar-refractivity contribution < 1.29 is 19.4 Å². The third-order valence-electron chi connectivity index (χ3n) is 6.61. The molecule has 30 heavy (non-hydrogen) atoms. The highest BCUT2D eigenvalue weighted by atomic mass is 16.5. The minimum atomic E-state index is -0.839. The third kappa shape index (κ3) is 12.0. The third-order valence-corrected chi connectivity index (χ3v) is 6.61. The van der Waals surface area contributed by atoms with Crippen molar-refractivity contribution in [1.82, 2.24) is 0 Å². The van der Waals surface area contributed by atoms with E-state index in [1.165, 1.54) is 57.8 Å². The van der Waals surface area contributed by atoms with Gasteiger partial charge in [0.15, 0.2) is 0 Å². The normalized spacial score (nSPS) is 20.3. The molecule has 0 aromatic rings. The highest BCUT2D eigenvalue weighted by Gasteiger charge is 2.37. The average Bonchev–Trinajstić information content (AvgIpc) is 2.72. The fraction of sp³-hybridized carbons (Fsp3) is 0.923. The Kier molecular flexibility index (Phi) is 14.9. The van der Waals surface area contributed by atoms with E-state index in [0.29, 0.717) is 12.8 Å². The van der Waals surface area contributed by atoms with Crippen LogP contribution in [0.25, 0.3) is 0 Å². The monoisotopic (exact) mass is 424 g/mol. The quantitative estimate of drug-likeness (QED) is 0.193. The molecule has 4 heteroatoms. The van der Waals surface area contributed by atoms with E-state index in [9.17, 15) is 14.7 Å². The molecule has 3 atom stereocenters. The molecule has 0 saturated heterocycles. The highest BCUT2D eigenvalue weighted by molar-refractivity contribution is 5.81. The predicted molar refractivity (Wildman–Crippen MR) is 123 cm³/mol. The second-order valence-corrected chi connectivity index (χ2v) is 9.84. The number of carboxylic acid groups (broad SMARTS) is 1. The van der Waals surface area contributed by atoms with Crippen LogP contribution >= 0.6 is 0 Å². The second kappa shape index (κ2) is 16.6. The first-order valence-corrected chi connectivity index (χ1v) is 12.9. The lowest BCUT2D eigenvalue weighted by molar-refractivity contribution is -0.164. The van der Waals surface area contributed by atoms with Gasteiger partial charge in [-0.3, -0.25) is 9.59 Å². The van der Waals surface area contributed by atoms with Gasteiger partial charge in [-0.25, -0.2) is 0 Å². The van der Waals surface area contributed by atoms with Gasteiger partial charge in [0, 0.05) is 0 Å². The number of carboxylic acids is 1. The van der Waals surface area contributed by atoms with Crippen molar-refractivity contribution >= 4 is 11.9 Å². The van der Waals surface area contributed by atoms with Gasteiger partial charge >= 0.3 is 11.9 Å². The molecule has 4 nitrogen and oxygen atoms in total. The Morgan fingerprint density at radius 3 is 1.87 bits per heavy atom. The molecule has 0 aliphatic heterocycles. The summed E-state index contributed by atoms with van der Waals surface area (Å²) in [4.78, 5) is 24.4. The Morgan fingerprint density at radius 2 is 1.30 bits per heavy atom. The summed E-state index contributed by atoms with van der Waals surface area (Å²) in [6, 6.07) is 0. The molecule has 0 bridgehead atoms. The van der Waals surface area contributed by atoms with Gasteiger partial charge in [0.05, 0.1) is 11.8 Å². The van der Waals surface area contributed by atoms with Crippen molar-refractivity contribution in [3.8, 4) is 0 Å². The number of ether oxygens (including phenoxy) is 1. The first-order chi connectivity index (χ1) is 14.5. The van der Waals surface area contributed by atoms with Crippen LogP contribution in [0.4, 0.5) is 0 Å². The van der Waals surface area contributed by atoms with E-state index < -0.39 is 17.8 Å². The molecule has 0 spiro atoms. The van der Waals surface area contributed by atoms with Gasteiger partial charge in [0.2, 0.25) is 0 Å². The molecule has 1 aliphatic carbocycles. The molecule has 1 rings (SSSR count). The first kappa shape index (κ1) is 27.0. The number of unbranched alkanes of at least 4 members (excludes halogenated alkanes) is 8. The van der Waals surface area contributed by atoms with E-state index in [-0.39, 0.29) is 12.1 Å². The molecular formula is C26H48O4. The first-order valence-electron chi connectivity index (χ1n) is 12.9. The minimum absolute atomic E-state index is 0.0384. The number of aliphatic carboxylic acids is 1. The molecule has 0 radical (unpaired) electrons. The standard InChI is InChI=1S/C26H48O4/c1-4-5-6-7-8-9-12-17-22(18-13-10-11-16-21(2)3)30-26(29)24-20-15-14-19-23(24)25(27)28/h21-24H,4-20H2,1-3H3,(H,27,28). The van der Waals surface area contributed by atoms with Crippen LogP contribution < -0.4 is 0 Å². The molecule has 1 aliphatic rings. The summed E-state index contributed by atoms with van der Waals surface area (Å²) in [6.07, 6.45) is 18.5. The van der Waals surface area contributed by atoms with Gasteiger partial charge in [0.25, 0.3) is 0 Å². The van der Waals surface area contributed by atoms with Crippen LogP contribution in [0.3, 0.4) is 0 Å². The maximum Gasteiger partial charge on any atom is 0.310 e. The molecule has 1 fully saturated rings. The van der Waals surface area contributed by atoms with Gasteiger partial charge in [-0.15, -0.1) is 0 Å². The van der Waals surface area contributed by atoms with Crippen molar-refractivity contribution in [3.05, 3.63) is 0 Å². The molecule has 0 aromatic heterocycles. The van der Waals surface area contributed by atoms with Gasteiger partial charge in [0.1, 0.15) is 6.10 Å². The molecule has 1 N–H and O–H groups in total. The Hall–Kier alpha value is -1.06. The molecule has 0 heterocycles. The smallest absolute Gasteiger partial charge is 0.310 e. The van der Waals surface area contributed by atoms with Crippen LogP contribution in [0.15, 0.2) is 0 Å². The Morgan fingerprint density at radius 1 is 0.800 bits per heavy atom. The lowest BCUT2D eigenvalue weighted by Gasteiger charge is -2.29. The Balaban J connectivity index is 2.47. The van der Waals surface area contributed by atoms with Crippen LogP contribution in [0.2, 0.25) is 0 Å². The van der Waals surface area contributed by atoms with Gasteiger partial charge < -0.3 is 9.84 Å². The van der Waals surface area contributed by atoms with Crippen LogP contribution in [0.5, 0.6) is 0 Å². The van der Waals surface area contributed by atoms with Crippen LogP contribution in [0, 0.1) is 17.8 Å². The van der Waals surface area contributed by atoms with E-state index >= 15 is 0 Å². The number of esters is 1. The van der Waals surface area contributed by atoms with E-state index in [1.54, 1.807) is 0 Å². The van der Waals surface area contributed by atoms with Gasteiger partial charge in [-0.1, -0.05) is 91.4 Å². The minimum Gasteiger partial charge on any atom is -0.481 e. The zero-order valence-electron chi connectivity index (χ0n) is 20.0. The van der Waals surface area contributed by atoms with Crippen molar-refractivity contribution in [1.29, 1.82) is 0 Å². The largest absolute Gasteiger partial charge is 0.481 e. The lowest BCUT2D eigenvalue weighted by atomic mass is 9.79. The second-order valence-electron chi connectivity index (χ2n) is 9.84. The van der Waals surface area contributed by atoms with Gasteiger partial charge in [-0.05, 0) is 44.4 Å². The van der Waals surface area contributed by atoms with E-state index in [1.807, 2.05) is 0 Å². The predicted octanol–water partition coefficient (Wildman–Crippen LogP) is 7.54. The van der Waals surface area contributed by atoms with Crippen molar-refractivity contribution in [2.75, 3.05) is 0 Å². The zero-order chi connectivity index (χ0) is 22.2. The van der Waals surface area contributed by atoms with E-state index in [4.69, 9.17) is 4.74 Å². The van der Waals surface area contributed by atoms with Gasteiger partial charge in [-0.2, -0.15) is 0 Å². The molecule has 3 unspecified atom stereocenters. The Labute approximate surface area is 185 Å². The van der Waals surface area contributed by atoms with Crippen molar-refractivity contribution in [3.63, 3.8) is 0 Å². The van der Waals surface area contributed by atoms with Crippen molar-refractivity contribution in [2.45, 2.75) is 136 Å². The number of carbonyl (C=O) groups excluding carboxylic acids is 1. The summed E-state index contributed by atoms with van der Waals surface area (Å²) in [5.41, 5.74) is 0. The number of rotatable bonds is 17. The topological polar surface area (TPSA) is 63.6 Å². The van der Waals surface area contributed by atoms with Crippen LogP contribution in [-0.4, -0.2) is 23.1 Å². The van der Waals surface area contributed by atoms with Crippen molar-refractivity contribution in [2.24, 2.45) is 17.8 Å². The van der Waals surface area contributed by atoms with E-state index in [2.05, 4.69) is 20.8 Å². The molecular weight excluding hydrogens is 376 g/mol. The summed E-state index contributed by atoms with van der Waals surface area (Å²) in [6.45, 7) is 6.75. The number of hydrogen-bond donors (Lipinski definition) is 1. The van der Waals surface area contributed by atoms with E-state index in [0.717, 1.165) is 44.4 Å². The summed E-state index contributed by atoms with van der Waals surface area (Å²) in [5.74, 6) is -1.36. The maximum absolute atomic E-state index is 12.8. The molecule has 176 valence electrons. The number of hydrogen-bond acceptors (Lipinski definition) is 3. The molecule has 1 saturated carbocycles. The van der Waals surface area contributed by atoms with Crippen LogP contribution in [0.1, 0.15) is 130 Å². The molecule has 0 aromatic carbocycles. The fourth-order valence-corrected chi connectivity index (χ4v) is 4.65. The molecule has 0 amide bonds. The summed E-state index contributed by atoms with van der Waals surface area (Å²) < 4.78 is 5.94. The fourth-order valence-electron chi connectivity index (χ4n) is 4.65.